The molecule has 0 atom stereocenters. The molecule has 1 aliphatic rings. The Balaban J connectivity index is 1.72. The zero-order valence-corrected chi connectivity index (χ0v) is 21.0. The first-order valence-electron chi connectivity index (χ1n) is 10.1. The molecule has 8 heteroatoms. The maximum absolute atomic E-state index is 12.8. The van der Waals surface area contributed by atoms with Crippen molar-refractivity contribution in [1.82, 2.24) is 4.90 Å². The smallest absolute Gasteiger partial charge is 0.294 e. The summed E-state index contributed by atoms with van der Waals surface area (Å²) in [6, 6.07) is 9.38. The van der Waals surface area contributed by atoms with Gasteiger partial charge in [0.05, 0.1) is 15.5 Å². The number of amides is 3. The lowest BCUT2D eigenvalue weighted by Gasteiger charge is -2.16. The molecule has 3 amide bonds. The van der Waals surface area contributed by atoms with E-state index < -0.39 is 17.1 Å². The van der Waals surface area contributed by atoms with Crippen LogP contribution in [-0.2, 0) is 9.59 Å². The summed E-state index contributed by atoms with van der Waals surface area (Å²) in [6.07, 6.45) is 1.67. The summed E-state index contributed by atoms with van der Waals surface area (Å²) in [5.41, 5.74) is 4.41. The molecule has 32 heavy (non-hydrogen) atoms. The molecule has 6 nitrogen and oxygen atoms in total. The van der Waals surface area contributed by atoms with Crippen LogP contribution in [0, 0.1) is 20.8 Å². The summed E-state index contributed by atoms with van der Waals surface area (Å²) < 4.78 is 6.45. The van der Waals surface area contributed by atoms with Crippen molar-refractivity contribution in [3.05, 3.63) is 62.0 Å². The standard InChI is InChI=1S/C24H25BrN2O4S/c1-13(2)31-19-7-6-17(10-18(19)25)11-20-23(29)27(24(30)32-20)12-21(28)26-22-15(4)8-14(3)9-16(22)5/h6-11,13H,12H2,1-5H3,(H,26,28)/b20-11-. The number of nitrogens with zero attached hydrogens (tertiary/aromatic N) is 1. The van der Waals surface area contributed by atoms with Gasteiger partial charge in [-0.15, -0.1) is 0 Å². The van der Waals surface area contributed by atoms with Gasteiger partial charge in [-0.25, -0.2) is 0 Å². The lowest BCUT2D eigenvalue weighted by molar-refractivity contribution is -0.127. The number of thioether (sulfide) groups is 1. The van der Waals surface area contributed by atoms with E-state index in [0.717, 1.165) is 43.4 Å². The number of carbonyl (C=O) groups excluding carboxylic acids is 3. The minimum Gasteiger partial charge on any atom is -0.490 e. The number of halogens is 1. The third-order valence-corrected chi connectivity index (χ3v) is 6.26. The highest BCUT2D eigenvalue weighted by Crippen LogP contribution is 2.34. The highest BCUT2D eigenvalue weighted by Gasteiger charge is 2.36. The molecule has 1 saturated heterocycles. The zero-order chi connectivity index (χ0) is 23.6. The minimum atomic E-state index is -0.480. The van der Waals surface area contributed by atoms with Gasteiger partial charge in [-0.1, -0.05) is 23.8 Å². The third kappa shape index (κ3) is 5.61. The molecule has 0 unspecified atom stereocenters. The molecule has 2 aromatic carbocycles. The van der Waals surface area contributed by atoms with Crippen LogP contribution in [-0.4, -0.2) is 34.6 Å². The summed E-state index contributed by atoms with van der Waals surface area (Å²) in [6.45, 7) is 9.35. The van der Waals surface area contributed by atoms with Crippen LogP contribution in [0.3, 0.4) is 0 Å². The molecule has 0 bridgehead atoms. The first kappa shape index (κ1) is 24.1. The van der Waals surface area contributed by atoms with Gasteiger partial charge in [-0.05, 0) is 97.2 Å². The molecule has 0 spiro atoms. The van der Waals surface area contributed by atoms with E-state index in [1.165, 1.54) is 0 Å². The monoisotopic (exact) mass is 516 g/mol. The van der Waals surface area contributed by atoms with Crippen LogP contribution < -0.4 is 10.1 Å². The molecule has 1 heterocycles. The Hall–Kier alpha value is -2.58. The largest absolute Gasteiger partial charge is 0.490 e. The van der Waals surface area contributed by atoms with Crippen molar-refractivity contribution in [3.8, 4) is 5.75 Å². The Morgan fingerprint density at radius 3 is 2.41 bits per heavy atom. The lowest BCUT2D eigenvalue weighted by atomic mass is 10.1. The molecular weight excluding hydrogens is 492 g/mol. The maximum Gasteiger partial charge on any atom is 0.294 e. The fourth-order valence-electron chi connectivity index (χ4n) is 3.44. The first-order chi connectivity index (χ1) is 15.0. The van der Waals surface area contributed by atoms with Gasteiger partial charge in [0.1, 0.15) is 12.3 Å². The van der Waals surface area contributed by atoms with Crippen molar-refractivity contribution >= 4 is 56.5 Å². The average molecular weight is 517 g/mol. The van der Waals surface area contributed by atoms with Crippen LogP contribution in [0.5, 0.6) is 5.75 Å². The Labute approximate surface area is 200 Å². The zero-order valence-electron chi connectivity index (χ0n) is 18.6. The Kier molecular flexibility index (Phi) is 7.46. The van der Waals surface area contributed by atoms with E-state index in [2.05, 4.69) is 21.2 Å². The molecule has 168 valence electrons. The van der Waals surface area contributed by atoms with Gasteiger partial charge in [-0.3, -0.25) is 19.3 Å². The highest BCUT2D eigenvalue weighted by molar-refractivity contribution is 9.10. The number of hydrogen-bond acceptors (Lipinski definition) is 5. The van der Waals surface area contributed by atoms with E-state index in [1.807, 2.05) is 58.9 Å². The molecule has 1 N–H and O–H groups in total. The number of aryl methyl sites for hydroxylation is 3. The Morgan fingerprint density at radius 1 is 1.16 bits per heavy atom. The second-order valence-electron chi connectivity index (χ2n) is 7.95. The summed E-state index contributed by atoms with van der Waals surface area (Å²) in [5.74, 6) is -0.198. The molecule has 1 fully saturated rings. The SMILES string of the molecule is Cc1cc(C)c(NC(=O)CN2C(=O)S/C(=C\c3ccc(OC(C)C)c(Br)c3)C2=O)c(C)c1. The van der Waals surface area contributed by atoms with E-state index in [9.17, 15) is 14.4 Å². The van der Waals surface area contributed by atoms with Gasteiger partial charge < -0.3 is 10.1 Å². The quantitative estimate of drug-likeness (QED) is 0.488. The molecule has 2 aromatic rings. The van der Waals surface area contributed by atoms with Gasteiger partial charge >= 0.3 is 0 Å². The summed E-state index contributed by atoms with van der Waals surface area (Å²) in [7, 11) is 0. The predicted molar refractivity (Wildman–Crippen MR) is 132 cm³/mol. The van der Waals surface area contributed by atoms with Crippen molar-refractivity contribution in [3.63, 3.8) is 0 Å². The highest BCUT2D eigenvalue weighted by atomic mass is 79.9. The molecule has 1 aliphatic heterocycles. The molecule has 0 aromatic heterocycles. The van der Waals surface area contributed by atoms with Crippen LogP contribution in [0.2, 0.25) is 0 Å². The number of benzene rings is 2. The van der Waals surface area contributed by atoms with Gasteiger partial charge in [0.25, 0.3) is 11.1 Å². The molecule has 0 aliphatic carbocycles. The van der Waals surface area contributed by atoms with Crippen molar-refractivity contribution in [2.45, 2.75) is 40.7 Å². The van der Waals surface area contributed by atoms with Crippen LogP contribution >= 0.6 is 27.7 Å². The summed E-state index contributed by atoms with van der Waals surface area (Å²) in [5, 5.41) is 2.37. The number of nitrogens with one attached hydrogen (secondary N) is 1. The van der Waals surface area contributed by atoms with Crippen molar-refractivity contribution in [2.24, 2.45) is 0 Å². The number of ether oxygens (including phenoxy) is 1. The normalized spacial score (nSPS) is 15.1. The molecule has 3 rings (SSSR count). The number of hydrogen-bond donors (Lipinski definition) is 1. The number of imide groups is 1. The second kappa shape index (κ2) is 9.92. The van der Waals surface area contributed by atoms with Crippen LogP contribution in [0.1, 0.15) is 36.1 Å². The Morgan fingerprint density at radius 2 is 1.81 bits per heavy atom. The summed E-state index contributed by atoms with van der Waals surface area (Å²) in [4.78, 5) is 39.0. The first-order valence-corrected chi connectivity index (χ1v) is 11.8. The van der Waals surface area contributed by atoms with Crippen LogP contribution in [0.25, 0.3) is 6.08 Å². The fourth-order valence-corrected chi connectivity index (χ4v) is 4.77. The predicted octanol–water partition coefficient (Wildman–Crippen LogP) is 5.84. The van der Waals surface area contributed by atoms with E-state index in [-0.39, 0.29) is 17.6 Å². The third-order valence-electron chi connectivity index (χ3n) is 4.73. The van der Waals surface area contributed by atoms with Crippen LogP contribution in [0.4, 0.5) is 10.5 Å². The van der Waals surface area contributed by atoms with Gasteiger partial charge in [0.15, 0.2) is 0 Å². The Bertz CT molecular complexity index is 1100. The lowest BCUT2D eigenvalue weighted by Crippen LogP contribution is -2.36. The van der Waals surface area contributed by atoms with Gasteiger partial charge in [0, 0.05) is 5.69 Å². The molecule has 0 radical (unpaired) electrons. The number of carbonyl (C=O) groups is 3. The maximum atomic E-state index is 12.8. The van der Waals surface area contributed by atoms with E-state index in [4.69, 9.17) is 4.74 Å². The topological polar surface area (TPSA) is 75.7 Å². The fraction of sp³-hybridized carbons (Fsp3) is 0.292. The average Bonchev–Trinajstić information content (AvgIpc) is 2.94. The van der Waals surface area contributed by atoms with E-state index in [0.29, 0.717) is 11.4 Å². The van der Waals surface area contributed by atoms with Crippen molar-refractivity contribution in [1.29, 1.82) is 0 Å². The molecule has 0 saturated carbocycles. The second-order valence-corrected chi connectivity index (χ2v) is 9.79. The number of rotatable bonds is 6. The van der Waals surface area contributed by atoms with Gasteiger partial charge in [0.2, 0.25) is 5.91 Å². The number of anilines is 1. The van der Waals surface area contributed by atoms with Crippen molar-refractivity contribution < 1.29 is 19.1 Å². The van der Waals surface area contributed by atoms with Crippen molar-refractivity contribution in [2.75, 3.05) is 11.9 Å². The van der Waals surface area contributed by atoms with E-state index in [1.54, 1.807) is 12.1 Å². The summed E-state index contributed by atoms with van der Waals surface area (Å²) >= 11 is 4.29. The van der Waals surface area contributed by atoms with Gasteiger partial charge in [-0.2, -0.15) is 0 Å². The van der Waals surface area contributed by atoms with E-state index >= 15 is 0 Å². The minimum absolute atomic E-state index is 0.0345. The van der Waals surface area contributed by atoms with Crippen LogP contribution in [0.15, 0.2) is 39.7 Å². The molecular formula is C24H25BrN2O4S.